The number of rotatable bonds is 3. The van der Waals surface area contributed by atoms with Crippen molar-refractivity contribution < 1.29 is 14.8 Å². The largest absolute Gasteiger partial charge is 0.345 e. The van der Waals surface area contributed by atoms with Gasteiger partial charge in [0.15, 0.2) is 0 Å². The number of carbonyl (C=O) groups excluding carboxylic acids is 2. The highest BCUT2D eigenvalue weighted by Gasteiger charge is 2.23. The van der Waals surface area contributed by atoms with Crippen molar-refractivity contribution in [3.05, 3.63) is 29.8 Å². The van der Waals surface area contributed by atoms with Gasteiger partial charge >= 0.3 is 0 Å². The van der Waals surface area contributed by atoms with E-state index in [9.17, 15) is 9.59 Å². The Hall–Kier alpha value is -1.92. The first-order chi connectivity index (χ1) is 8.20. The van der Waals surface area contributed by atoms with Crippen molar-refractivity contribution in [2.75, 3.05) is 18.0 Å². The molecule has 1 aromatic rings. The minimum atomic E-state index is -0.161. The van der Waals surface area contributed by atoms with Gasteiger partial charge in [0.1, 0.15) is 6.54 Å². The monoisotopic (exact) mass is 235 g/mol. The second-order valence-electron chi connectivity index (χ2n) is 3.76. The number of carbonyl (C=O) groups is 2. The van der Waals surface area contributed by atoms with Crippen molar-refractivity contribution >= 4 is 17.5 Å². The second-order valence-corrected chi connectivity index (χ2v) is 3.76. The molecule has 1 aliphatic rings. The van der Waals surface area contributed by atoms with E-state index in [4.69, 9.17) is 5.21 Å². The average Bonchev–Trinajstić information content (AvgIpc) is 2.34. The summed E-state index contributed by atoms with van der Waals surface area (Å²) in [6.45, 7) is 0.434. The Balaban J connectivity index is 2.15. The van der Waals surface area contributed by atoms with Crippen molar-refractivity contribution in [2.45, 2.75) is 6.54 Å². The van der Waals surface area contributed by atoms with Crippen LogP contribution < -0.4 is 15.7 Å². The molecule has 1 heterocycles. The molecule has 6 heteroatoms. The molecule has 0 bridgehead atoms. The highest BCUT2D eigenvalue weighted by molar-refractivity contribution is 6.04. The Morgan fingerprint density at radius 1 is 1.29 bits per heavy atom. The minimum absolute atomic E-state index is 0.0405. The van der Waals surface area contributed by atoms with Crippen molar-refractivity contribution in [1.82, 2.24) is 10.8 Å². The summed E-state index contributed by atoms with van der Waals surface area (Å²) in [5.41, 5.74) is 3.63. The number of anilines is 1. The Morgan fingerprint density at radius 3 is 2.65 bits per heavy atom. The lowest BCUT2D eigenvalue weighted by Crippen LogP contribution is -2.51. The maximum absolute atomic E-state index is 11.6. The molecule has 0 saturated carbocycles. The Bertz CT molecular complexity index is 430. The fourth-order valence-corrected chi connectivity index (χ4v) is 1.68. The van der Waals surface area contributed by atoms with Crippen molar-refractivity contribution in [3.63, 3.8) is 0 Å². The van der Waals surface area contributed by atoms with E-state index in [-0.39, 0.29) is 24.9 Å². The molecule has 90 valence electrons. The van der Waals surface area contributed by atoms with Crippen LogP contribution >= 0.6 is 0 Å². The number of hydrogen-bond donors (Lipinski definition) is 3. The lowest BCUT2D eigenvalue weighted by atomic mass is 10.2. The minimum Gasteiger partial charge on any atom is -0.345 e. The van der Waals surface area contributed by atoms with Gasteiger partial charge in [-0.15, -0.1) is 0 Å². The number of piperazine rings is 1. The summed E-state index contributed by atoms with van der Waals surface area (Å²) in [6.07, 6.45) is 0. The topological polar surface area (TPSA) is 81.7 Å². The van der Waals surface area contributed by atoms with Gasteiger partial charge in [-0.3, -0.25) is 9.59 Å². The van der Waals surface area contributed by atoms with Crippen LogP contribution in [0.25, 0.3) is 0 Å². The summed E-state index contributed by atoms with van der Waals surface area (Å²) >= 11 is 0. The van der Waals surface area contributed by atoms with Crippen LogP contribution in [0.5, 0.6) is 0 Å². The third-order valence-electron chi connectivity index (χ3n) is 2.57. The summed E-state index contributed by atoms with van der Waals surface area (Å²) in [7, 11) is 0. The summed E-state index contributed by atoms with van der Waals surface area (Å²) < 4.78 is 0. The third-order valence-corrected chi connectivity index (χ3v) is 2.57. The summed E-state index contributed by atoms with van der Waals surface area (Å²) in [5.74, 6) is -0.289. The maximum atomic E-state index is 11.6. The van der Waals surface area contributed by atoms with Crippen molar-refractivity contribution in [1.29, 1.82) is 0 Å². The normalized spacial score (nSPS) is 15.9. The van der Waals surface area contributed by atoms with E-state index in [1.165, 1.54) is 4.90 Å². The number of amides is 2. The lowest BCUT2D eigenvalue weighted by molar-refractivity contribution is -0.128. The molecule has 0 atom stereocenters. The zero-order chi connectivity index (χ0) is 12.3. The Labute approximate surface area is 98.2 Å². The zero-order valence-electron chi connectivity index (χ0n) is 9.14. The number of hydrogen-bond acceptors (Lipinski definition) is 4. The number of nitrogens with one attached hydrogen (secondary N) is 2. The molecule has 0 spiro atoms. The van der Waals surface area contributed by atoms with Crippen molar-refractivity contribution in [2.24, 2.45) is 0 Å². The van der Waals surface area contributed by atoms with E-state index in [0.29, 0.717) is 12.2 Å². The Kier molecular flexibility index (Phi) is 3.36. The van der Waals surface area contributed by atoms with Crippen LogP contribution in [0.3, 0.4) is 0 Å². The summed E-state index contributed by atoms with van der Waals surface area (Å²) in [4.78, 5) is 24.3. The van der Waals surface area contributed by atoms with Gasteiger partial charge in [-0.2, -0.15) is 0 Å². The van der Waals surface area contributed by atoms with Crippen LogP contribution in [-0.4, -0.2) is 30.1 Å². The molecule has 6 nitrogen and oxygen atoms in total. The van der Waals surface area contributed by atoms with Crippen molar-refractivity contribution in [3.8, 4) is 0 Å². The molecule has 1 aliphatic heterocycles. The predicted molar refractivity (Wildman–Crippen MR) is 60.4 cm³/mol. The van der Waals surface area contributed by atoms with E-state index in [1.807, 2.05) is 0 Å². The zero-order valence-corrected chi connectivity index (χ0v) is 9.14. The molecule has 0 radical (unpaired) electrons. The van der Waals surface area contributed by atoms with Crippen LogP contribution in [0.4, 0.5) is 5.69 Å². The van der Waals surface area contributed by atoms with E-state index in [1.54, 1.807) is 24.3 Å². The van der Waals surface area contributed by atoms with E-state index < -0.39 is 0 Å². The van der Waals surface area contributed by atoms with Crippen LogP contribution in [-0.2, 0) is 16.1 Å². The first kappa shape index (κ1) is 11.6. The van der Waals surface area contributed by atoms with Crippen LogP contribution in [0, 0.1) is 0 Å². The maximum Gasteiger partial charge on any atom is 0.246 e. The number of benzene rings is 1. The molecule has 0 aromatic heterocycles. The fraction of sp³-hybridized carbons (Fsp3) is 0.273. The first-order valence-electron chi connectivity index (χ1n) is 5.23. The molecule has 0 unspecified atom stereocenters. The van der Waals surface area contributed by atoms with Gasteiger partial charge in [-0.25, -0.2) is 5.48 Å². The highest BCUT2D eigenvalue weighted by atomic mass is 16.5. The molecule has 17 heavy (non-hydrogen) atoms. The molecule has 2 rings (SSSR count). The molecular formula is C11H13N3O3. The van der Waals surface area contributed by atoms with Gasteiger partial charge in [-0.1, -0.05) is 12.1 Å². The molecule has 1 fully saturated rings. The SMILES string of the molecule is O=C1CN(c2ccc(CNO)cc2)C(=O)CN1. The molecule has 1 saturated heterocycles. The van der Waals surface area contributed by atoms with Gasteiger partial charge in [0.25, 0.3) is 0 Å². The van der Waals surface area contributed by atoms with Crippen LogP contribution in [0.1, 0.15) is 5.56 Å². The van der Waals surface area contributed by atoms with Gasteiger partial charge in [0, 0.05) is 12.2 Å². The van der Waals surface area contributed by atoms with E-state index in [2.05, 4.69) is 10.8 Å². The number of hydroxylamine groups is 1. The average molecular weight is 235 g/mol. The Morgan fingerprint density at radius 2 is 2.00 bits per heavy atom. The van der Waals surface area contributed by atoms with E-state index >= 15 is 0 Å². The lowest BCUT2D eigenvalue weighted by Gasteiger charge is -2.26. The summed E-state index contributed by atoms with van der Waals surface area (Å²) in [5, 5.41) is 11.0. The molecule has 3 N–H and O–H groups in total. The first-order valence-corrected chi connectivity index (χ1v) is 5.23. The third kappa shape index (κ3) is 2.61. The highest BCUT2D eigenvalue weighted by Crippen LogP contribution is 2.16. The quantitative estimate of drug-likeness (QED) is 0.624. The van der Waals surface area contributed by atoms with E-state index in [0.717, 1.165) is 5.56 Å². The van der Waals surface area contributed by atoms with Crippen LogP contribution in [0.2, 0.25) is 0 Å². The van der Waals surface area contributed by atoms with Gasteiger partial charge in [0.2, 0.25) is 11.8 Å². The number of nitrogens with zero attached hydrogens (tertiary/aromatic N) is 1. The smallest absolute Gasteiger partial charge is 0.246 e. The molecule has 0 aliphatic carbocycles. The predicted octanol–water partition coefficient (Wildman–Crippen LogP) is -0.372. The molecular weight excluding hydrogens is 222 g/mol. The van der Waals surface area contributed by atoms with Gasteiger partial charge in [0.05, 0.1) is 6.54 Å². The van der Waals surface area contributed by atoms with Gasteiger partial charge < -0.3 is 15.4 Å². The second kappa shape index (κ2) is 4.94. The molecule has 1 aromatic carbocycles. The van der Waals surface area contributed by atoms with Gasteiger partial charge in [-0.05, 0) is 17.7 Å². The fourth-order valence-electron chi connectivity index (χ4n) is 1.68. The molecule has 2 amide bonds. The summed E-state index contributed by atoms with van der Waals surface area (Å²) in [6, 6.07) is 7.09. The standard InChI is InChI=1S/C11H13N3O3/c15-10-7-14(11(16)6-12-10)9-3-1-8(2-4-9)5-13-17/h1-4,13,17H,5-7H2,(H,12,15). The van der Waals surface area contributed by atoms with Crippen LogP contribution in [0.15, 0.2) is 24.3 Å².